The summed E-state index contributed by atoms with van der Waals surface area (Å²) >= 11 is 0. The van der Waals surface area contributed by atoms with Crippen LogP contribution in [-0.4, -0.2) is 19.0 Å². The highest BCUT2D eigenvalue weighted by molar-refractivity contribution is 5.89. The molecule has 4 nitrogen and oxygen atoms in total. The van der Waals surface area contributed by atoms with Gasteiger partial charge in [0, 0.05) is 18.7 Å². The van der Waals surface area contributed by atoms with Crippen LogP contribution in [0.3, 0.4) is 0 Å². The molecule has 0 saturated heterocycles. The second kappa shape index (κ2) is 5.70. The number of hydrogen-bond donors (Lipinski definition) is 1. The molecule has 0 radical (unpaired) electrons. The van der Waals surface area contributed by atoms with Crippen molar-refractivity contribution in [2.45, 2.75) is 6.92 Å². The zero-order chi connectivity index (χ0) is 12.0. The minimum atomic E-state index is -0.397. The molecule has 1 N–H and O–H groups in total. The van der Waals surface area contributed by atoms with E-state index in [2.05, 4.69) is 10.1 Å². The van der Waals surface area contributed by atoms with E-state index >= 15 is 0 Å². The van der Waals surface area contributed by atoms with E-state index in [1.165, 1.54) is 20.1 Å². The lowest BCUT2D eigenvalue weighted by atomic mass is 10.2. The number of carbonyl (C=O) groups is 2. The minimum Gasteiger partial charge on any atom is -0.466 e. The predicted molar refractivity (Wildman–Crippen MR) is 61.8 cm³/mol. The van der Waals surface area contributed by atoms with Gasteiger partial charge in [-0.25, -0.2) is 4.79 Å². The van der Waals surface area contributed by atoms with Crippen molar-refractivity contribution in [2.24, 2.45) is 0 Å². The highest BCUT2D eigenvalue weighted by Crippen LogP contribution is 2.10. The number of ether oxygens (including phenoxy) is 1. The Kier molecular flexibility index (Phi) is 4.27. The molecule has 0 aliphatic heterocycles. The van der Waals surface area contributed by atoms with Crippen molar-refractivity contribution in [1.29, 1.82) is 0 Å². The molecule has 16 heavy (non-hydrogen) atoms. The average molecular weight is 219 g/mol. The average Bonchev–Trinajstić information content (AvgIpc) is 2.27. The molecule has 4 heteroatoms. The van der Waals surface area contributed by atoms with Gasteiger partial charge >= 0.3 is 5.97 Å². The van der Waals surface area contributed by atoms with Gasteiger partial charge < -0.3 is 10.1 Å². The standard InChI is InChI=1S/C12H13NO3/c1-9(14)13-11-6-3-10(4-7-11)5-8-12(15)16-2/h3-8H,1-2H3,(H,13,14)/b8-5-. The first-order chi connectivity index (χ1) is 7.61. The smallest absolute Gasteiger partial charge is 0.330 e. The minimum absolute atomic E-state index is 0.113. The van der Waals surface area contributed by atoms with Gasteiger partial charge in [-0.15, -0.1) is 0 Å². The summed E-state index contributed by atoms with van der Waals surface area (Å²) < 4.78 is 4.47. The molecular formula is C12H13NO3. The van der Waals surface area contributed by atoms with Crippen LogP contribution in [-0.2, 0) is 14.3 Å². The van der Waals surface area contributed by atoms with Crippen LogP contribution in [0.4, 0.5) is 5.69 Å². The van der Waals surface area contributed by atoms with Crippen LogP contribution in [0.1, 0.15) is 12.5 Å². The van der Waals surface area contributed by atoms with E-state index < -0.39 is 5.97 Å². The van der Waals surface area contributed by atoms with Gasteiger partial charge in [0.25, 0.3) is 0 Å². The van der Waals surface area contributed by atoms with E-state index in [0.717, 1.165) is 11.3 Å². The Hall–Kier alpha value is -2.10. The Morgan fingerprint density at radius 3 is 2.38 bits per heavy atom. The van der Waals surface area contributed by atoms with Crippen molar-refractivity contribution in [3.05, 3.63) is 35.9 Å². The highest BCUT2D eigenvalue weighted by Gasteiger charge is 1.95. The first kappa shape index (κ1) is 12.0. The number of benzene rings is 1. The molecule has 0 saturated carbocycles. The maximum absolute atomic E-state index is 10.8. The Morgan fingerprint density at radius 2 is 1.88 bits per heavy atom. The molecule has 0 spiro atoms. The molecule has 1 aromatic carbocycles. The maximum Gasteiger partial charge on any atom is 0.330 e. The van der Waals surface area contributed by atoms with Gasteiger partial charge in [0.15, 0.2) is 0 Å². The fourth-order valence-corrected chi connectivity index (χ4v) is 1.11. The van der Waals surface area contributed by atoms with Crippen LogP contribution >= 0.6 is 0 Å². The van der Waals surface area contributed by atoms with Crippen molar-refractivity contribution in [2.75, 3.05) is 12.4 Å². The predicted octanol–water partition coefficient (Wildman–Crippen LogP) is 1.83. The largest absolute Gasteiger partial charge is 0.466 e. The van der Waals surface area contributed by atoms with E-state index in [1.54, 1.807) is 30.3 Å². The van der Waals surface area contributed by atoms with Crippen LogP contribution in [0.15, 0.2) is 30.3 Å². The quantitative estimate of drug-likeness (QED) is 0.623. The Morgan fingerprint density at radius 1 is 1.25 bits per heavy atom. The lowest BCUT2D eigenvalue weighted by Crippen LogP contribution is -2.05. The van der Waals surface area contributed by atoms with Crippen LogP contribution in [0.25, 0.3) is 6.08 Å². The van der Waals surface area contributed by atoms with Crippen LogP contribution in [0.5, 0.6) is 0 Å². The highest BCUT2D eigenvalue weighted by atomic mass is 16.5. The van der Waals surface area contributed by atoms with E-state index in [-0.39, 0.29) is 5.91 Å². The van der Waals surface area contributed by atoms with Crippen LogP contribution < -0.4 is 5.32 Å². The summed E-state index contributed by atoms with van der Waals surface area (Å²) in [5.74, 6) is -0.510. The number of amides is 1. The topological polar surface area (TPSA) is 55.4 Å². The third-order valence-corrected chi connectivity index (χ3v) is 1.84. The summed E-state index contributed by atoms with van der Waals surface area (Å²) in [6.45, 7) is 1.45. The molecule has 1 rings (SSSR count). The molecular weight excluding hydrogens is 206 g/mol. The summed E-state index contributed by atoms with van der Waals surface area (Å²) in [4.78, 5) is 21.6. The SMILES string of the molecule is COC(=O)/C=C\c1ccc(NC(C)=O)cc1. The molecule has 0 aromatic heterocycles. The molecule has 0 fully saturated rings. The molecule has 0 aliphatic carbocycles. The number of anilines is 1. The summed E-state index contributed by atoms with van der Waals surface area (Å²) in [7, 11) is 1.33. The Balaban J connectivity index is 2.68. The second-order valence-corrected chi connectivity index (χ2v) is 3.16. The number of methoxy groups -OCH3 is 1. The fourth-order valence-electron chi connectivity index (χ4n) is 1.11. The molecule has 0 aliphatic rings. The van der Waals surface area contributed by atoms with Crippen molar-refractivity contribution >= 4 is 23.6 Å². The monoisotopic (exact) mass is 219 g/mol. The lowest BCUT2D eigenvalue weighted by Gasteiger charge is -2.01. The summed E-state index contributed by atoms with van der Waals surface area (Å²) in [6.07, 6.45) is 2.98. The molecule has 0 atom stereocenters. The maximum atomic E-state index is 10.8. The van der Waals surface area contributed by atoms with Gasteiger partial charge in [-0.05, 0) is 23.8 Å². The number of rotatable bonds is 3. The van der Waals surface area contributed by atoms with Gasteiger partial charge in [-0.2, -0.15) is 0 Å². The molecule has 0 heterocycles. The van der Waals surface area contributed by atoms with Crippen molar-refractivity contribution < 1.29 is 14.3 Å². The van der Waals surface area contributed by atoms with E-state index in [4.69, 9.17) is 0 Å². The normalized spacial score (nSPS) is 10.1. The third-order valence-electron chi connectivity index (χ3n) is 1.84. The van der Waals surface area contributed by atoms with Crippen molar-refractivity contribution in [3.63, 3.8) is 0 Å². The zero-order valence-corrected chi connectivity index (χ0v) is 9.19. The second-order valence-electron chi connectivity index (χ2n) is 3.16. The number of esters is 1. The lowest BCUT2D eigenvalue weighted by molar-refractivity contribution is -0.134. The zero-order valence-electron chi connectivity index (χ0n) is 9.19. The molecule has 1 aromatic rings. The fraction of sp³-hybridized carbons (Fsp3) is 0.167. The van der Waals surface area contributed by atoms with Crippen molar-refractivity contribution in [1.82, 2.24) is 0 Å². The van der Waals surface area contributed by atoms with Gasteiger partial charge in [0.05, 0.1) is 7.11 Å². The van der Waals surface area contributed by atoms with Crippen molar-refractivity contribution in [3.8, 4) is 0 Å². The third kappa shape index (κ3) is 3.96. The number of hydrogen-bond acceptors (Lipinski definition) is 3. The van der Waals surface area contributed by atoms with Gasteiger partial charge in [0.1, 0.15) is 0 Å². The van der Waals surface area contributed by atoms with E-state index in [1.807, 2.05) is 0 Å². The van der Waals surface area contributed by atoms with Gasteiger partial charge in [-0.1, -0.05) is 12.1 Å². The summed E-state index contributed by atoms with van der Waals surface area (Å²) in [5.41, 5.74) is 1.59. The molecule has 1 amide bonds. The first-order valence-corrected chi connectivity index (χ1v) is 4.75. The summed E-state index contributed by atoms with van der Waals surface area (Å²) in [6, 6.07) is 7.12. The van der Waals surface area contributed by atoms with Crippen LogP contribution in [0, 0.1) is 0 Å². The first-order valence-electron chi connectivity index (χ1n) is 4.75. The summed E-state index contributed by atoms with van der Waals surface area (Å²) in [5, 5.41) is 2.65. The van der Waals surface area contributed by atoms with E-state index in [0.29, 0.717) is 0 Å². The van der Waals surface area contributed by atoms with Crippen LogP contribution in [0.2, 0.25) is 0 Å². The number of nitrogens with one attached hydrogen (secondary N) is 1. The van der Waals surface area contributed by atoms with Gasteiger partial charge in [0.2, 0.25) is 5.91 Å². The number of carbonyl (C=O) groups excluding carboxylic acids is 2. The molecule has 0 unspecified atom stereocenters. The Bertz CT molecular complexity index is 407. The molecule has 0 bridgehead atoms. The molecule has 84 valence electrons. The van der Waals surface area contributed by atoms with Gasteiger partial charge in [-0.3, -0.25) is 4.79 Å². The Labute approximate surface area is 93.9 Å². The van der Waals surface area contributed by atoms with E-state index in [9.17, 15) is 9.59 Å².